The summed E-state index contributed by atoms with van der Waals surface area (Å²) in [6.07, 6.45) is -4.87. The highest BCUT2D eigenvalue weighted by Gasteiger charge is 2.31. The van der Waals surface area contributed by atoms with Gasteiger partial charge in [-0.1, -0.05) is 12.1 Å². The van der Waals surface area contributed by atoms with Crippen LogP contribution >= 0.6 is 0 Å². The van der Waals surface area contributed by atoms with Crippen LogP contribution in [0.25, 0.3) is 0 Å². The summed E-state index contributed by atoms with van der Waals surface area (Å²) >= 11 is 0. The zero-order valence-corrected chi connectivity index (χ0v) is 11.4. The summed E-state index contributed by atoms with van der Waals surface area (Å²) in [5.41, 5.74) is 1.01. The molecule has 1 heterocycles. The Morgan fingerprint density at radius 1 is 1.30 bits per heavy atom. The number of halogens is 3. The minimum Gasteiger partial charge on any atom is -0.497 e. The van der Waals surface area contributed by atoms with Gasteiger partial charge in [0.05, 0.1) is 13.5 Å². The Bertz CT molecular complexity index is 419. The number of alkyl halides is 3. The molecule has 0 amide bonds. The quantitative estimate of drug-likeness (QED) is 0.921. The van der Waals surface area contributed by atoms with E-state index in [0.29, 0.717) is 13.1 Å². The van der Waals surface area contributed by atoms with Gasteiger partial charge in [-0.3, -0.25) is 4.90 Å². The predicted octanol–water partition coefficient (Wildman–Crippen LogP) is 2.59. The molecule has 0 saturated carbocycles. The van der Waals surface area contributed by atoms with Crippen LogP contribution in [-0.4, -0.2) is 44.4 Å². The molecule has 1 atom stereocenters. The molecule has 0 bridgehead atoms. The average Bonchev–Trinajstić information content (AvgIpc) is 2.45. The third-order valence-electron chi connectivity index (χ3n) is 3.54. The van der Waals surface area contributed by atoms with E-state index in [9.17, 15) is 13.2 Å². The normalized spacial score (nSPS) is 20.9. The molecule has 112 valence electrons. The Morgan fingerprint density at radius 3 is 2.60 bits per heavy atom. The first-order valence-electron chi connectivity index (χ1n) is 6.65. The number of ether oxygens (including phenoxy) is 1. The Labute approximate surface area is 116 Å². The first-order chi connectivity index (χ1) is 9.49. The van der Waals surface area contributed by atoms with E-state index in [1.165, 1.54) is 0 Å². The number of hydrogen-bond acceptors (Lipinski definition) is 3. The van der Waals surface area contributed by atoms with E-state index in [0.717, 1.165) is 17.9 Å². The van der Waals surface area contributed by atoms with Gasteiger partial charge < -0.3 is 10.1 Å². The summed E-state index contributed by atoms with van der Waals surface area (Å²) in [5.74, 6) is 0.749. The van der Waals surface area contributed by atoms with Crippen LogP contribution in [0.15, 0.2) is 24.3 Å². The molecule has 0 radical (unpaired) electrons. The van der Waals surface area contributed by atoms with Gasteiger partial charge in [0, 0.05) is 32.2 Å². The third kappa shape index (κ3) is 4.11. The molecule has 1 aromatic carbocycles. The van der Waals surface area contributed by atoms with Crippen molar-refractivity contribution in [2.45, 2.75) is 18.6 Å². The molecule has 1 aliphatic heterocycles. The number of hydrogen-bond donors (Lipinski definition) is 1. The molecule has 0 aromatic heterocycles. The van der Waals surface area contributed by atoms with Crippen molar-refractivity contribution in [3.8, 4) is 5.75 Å². The second-order valence-electron chi connectivity index (χ2n) is 4.89. The lowest BCUT2D eigenvalue weighted by atomic mass is 10.0. The van der Waals surface area contributed by atoms with Crippen molar-refractivity contribution in [1.82, 2.24) is 10.2 Å². The number of nitrogens with zero attached hydrogens (tertiary/aromatic N) is 1. The molecule has 3 nitrogen and oxygen atoms in total. The van der Waals surface area contributed by atoms with Crippen LogP contribution < -0.4 is 10.1 Å². The summed E-state index contributed by atoms with van der Waals surface area (Å²) in [5, 5.41) is 3.23. The van der Waals surface area contributed by atoms with Crippen molar-refractivity contribution in [2.75, 3.05) is 33.3 Å². The van der Waals surface area contributed by atoms with E-state index in [2.05, 4.69) is 5.32 Å². The van der Waals surface area contributed by atoms with Gasteiger partial charge in [0.15, 0.2) is 0 Å². The molecule has 2 rings (SSSR count). The van der Waals surface area contributed by atoms with Crippen LogP contribution in [-0.2, 0) is 0 Å². The van der Waals surface area contributed by atoms with Crippen molar-refractivity contribution in [2.24, 2.45) is 0 Å². The molecule has 1 aliphatic rings. The van der Waals surface area contributed by atoms with Gasteiger partial charge in [-0.05, 0) is 17.7 Å². The lowest BCUT2D eigenvalue weighted by molar-refractivity contribution is -0.139. The van der Waals surface area contributed by atoms with Gasteiger partial charge in [-0.15, -0.1) is 0 Å². The molecular weight excluding hydrogens is 269 g/mol. The average molecular weight is 288 g/mol. The first kappa shape index (κ1) is 15.1. The van der Waals surface area contributed by atoms with E-state index < -0.39 is 12.6 Å². The van der Waals surface area contributed by atoms with Gasteiger partial charge >= 0.3 is 6.18 Å². The van der Waals surface area contributed by atoms with E-state index in [-0.39, 0.29) is 12.6 Å². The molecule has 1 N–H and O–H groups in total. The zero-order valence-electron chi connectivity index (χ0n) is 11.4. The Morgan fingerprint density at radius 2 is 2.00 bits per heavy atom. The minimum absolute atomic E-state index is 0.0167. The van der Waals surface area contributed by atoms with Crippen LogP contribution in [0.1, 0.15) is 18.0 Å². The number of methoxy groups -OCH3 is 1. The van der Waals surface area contributed by atoms with Crippen molar-refractivity contribution in [3.05, 3.63) is 29.8 Å². The van der Waals surface area contributed by atoms with Crippen LogP contribution in [0.3, 0.4) is 0 Å². The highest BCUT2D eigenvalue weighted by atomic mass is 19.4. The smallest absolute Gasteiger partial charge is 0.390 e. The van der Waals surface area contributed by atoms with Gasteiger partial charge in [0.2, 0.25) is 0 Å². The van der Waals surface area contributed by atoms with Gasteiger partial charge in [0.1, 0.15) is 5.75 Å². The third-order valence-corrected chi connectivity index (χ3v) is 3.54. The van der Waals surface area contributed by atoms with E-state index >= 15 is 0 Å². The second-order valence-corrected chi connectivity index (χ2v) is 4.89. The fourth-order valence-electron chi connectivity index (χ4n) is 2.44. The number of benzene rings is 1. The predicted molar refractivity (Wildman–Crippen MR) is 70.8 cm³/mol. The van der Waals surface area contributed by atoms with Gasteiger partial charge in [0.25, 0.3) is 0 Å². The Kier molecular flexibility index (Phi) is 4.88. The Hall–Kier alpha value is -1.27. The highest BCUT2D eigenvalue weighted by Crippen LogP contribution is 2.27. The van der Waals surface area contributed by atoms with E-state index in [1.54, 1.807) is 7.11 Å². The van der Waals surface area contributed by atoms with Crippen molar-refractivity contribution >= 4 is 0 Å². The largest absolute Gasteiger partial charge is 0.497 e. The maximum atomic E-state index is 12.4. The highest BCUT2D eigenvalue weighted by molar-refractivity contribution is 5.29. The molecule has 1 fully saturated rings. The Balaban J connectivity index is 2.05. The van der Waals surface area contributed by atoms with E-state index in [1.807, 2.05) is 29.2 Å². The first-order valence-corrected chi connectivity index (χ1v) is 6.65. The van der Waals surface area contributed by atoms with Crippen molar-refractivity contribution in [3.63, 3.8) is 0 Å². The molecule has 6 heteroatoms. The topological polar surface area (TPSA) is 24.5 Å². The monoisotopic (exact) mass is 288 g/mol. The summed E-state index contributed by atoms with van der Waals surface area (Å²) in [6, 6.07) is 7.49. The maximum Gasteiger partial charge on any atom is 0.390 e. The summed E-state index contributed by atoms with van der Waals surface area (Å²) < 4.78 is 42.2. The van der Waals surface area contributed by atoms with Crippen molar-refractivity contribution < 1.29 is 17.9 Å². The van der Waals surface area contributed by atoms with Crippen molar-refractivity contribution in [1.29, 1.82) is 0 Å². The summed E-state index contributed by atoms with van der Waals surface area (Å²) in [7, 11) is 1.59. The minimum atomic E-state index is -4.10. The molecule has 1 aromatic rings. The summed E-state index contributed by atoms with van der Waals surface area (Å²) in [4.78, 5) is 1.89. The molecule has 0 aliphatic carbocycles. The maximum absolute atomic E-state index is 12.4. The number of piperazine rings is 1. The SMILES string of the molecule is COc1ccc([C@H]2CNCCN2CCC(F)(F)F)cc1. The number of rotatable bonds is 4. The van der Waals surface area contributed by atoms with Gasteiger partial charge in [-0.25, -0.2) is 0 Å². The standard InChI is InChI=1S/C14H19F3N2O/c1-20-12-4-2-11(3-5-12)13-10-18-7-9-19(13)8-6-14(15,16)17/h2-5,13,18H,6-10H2,1H3/t13-/m1/s1. The van der Waals surface area contributed by atoms with Crippen LogP contribution in [0.5, 0.6) is 5.75 Å². The lowest BCUT2D eigenvalue weighted by Crippen LogP contribution is -2.46. The number of nitrogens with one attached hydrogen (secondary N) is 1. The lowest BCUT2D eigenvalue weighted by Gasteiger charge is -2.36. The summed E-state index contributed by atoms with van der Waals surface area (Å²) in [6.45, 7) is 2.07. The molecule has 20 heavy (non-hydrogen) atoms. The molecule has 0 unspecified atom stereocenters. The zero-order chi connectivity index (χ0) is 14.6. The van der Waals surface area contributed by atoms with Crippen LogP contribution in [0.4, 0.5) is 13.2 Å². The molecule has 0 spiro atoms. The second kappa shape index (κ2) is 6.45. The fraction of sp³-hybridized carbons (Fsp3) is 0.571. The fourth-order valence-corrected chi connectivity index (χ4v) is 2.44. The van der Waals surface area contributed by atoms with Crippen LogP contribution in [0.2, 0.25) is 0 Å². The molecule has 1 saturated heterocycles. The molecular formula is C14H19F3N2O. The van der Waals surface area contributed by atoms with Crippen LogP contribution in [0, 0.1) is 0 Å². The van der Waals surface area contributed by atoms with Gasteiger partial charge in [-0.2, -0.15) is 13.2 Å². The van der Waals surface area contributed by atoms with E-state index in [4.69, 9.17) is 4.74 Å².